The molecule has 0 radical (unpaired) electrons. The average molecular weight is 935 g/mol. The van der Waals surface area contributed by atoms with Crippen molar-refractivity contribution in [2.75, 3.05) is 74.5 Å². The minimum atomic E-state index is -0.476. The van der Waals surface area contributed by atoms with Gasteiger partial charge in [-0.3, -0.25) is 24.6 Å². The first-order chi connectivity index (χ1) is 32.3. The lowest BCUT2D eigenvalue weighted by atomic mass is 9.87. The molecule has 0 aliphatic carbocycles. The molecular weight excluding hydrogens is 864 g/mol. The molecule has 3 aromatic carbocycles. The molecule has 3 saturated heterocycles. The number of para-hydroxylation sites is 1. The molecule has 1 aromatic heterocycles. The predicted octanol–water partition coefficient (Wildman–Crippen LogP) is 8.27. The molecule has 0 saturated carbocycles. The number of piperidine rings is 3. The van der Waals surface area contributed by atoms with Crippen LogP contribution < -0.4 is 30.3 Å². The summed E-state index contributed by atoms with van der Waals surface area (Å²) in [4.78, 5) is 45.6. The molecule has 5 heterocycles. The Kier molecular flexibility index (Phi) is 17.8. The zero-order valence-corrected chi connectivity index (χ0v) is 39.7. The molecule has 15 heteroatoms. The van der Waals surface area contributed by atoms with Crippen LogP contribution in [-0.4, -0.2) is 114 Å². The van der Waals surface area contributed by atoms with Crippen LogP contribution in [0.3, 0.4) is 0 Å². The number of phenolic OH excluding ortho intramolecular Hbond substituents is 1. The number of likely N-dealkylation sites (tertiary alicyclic amines) is 2. The lowest BCUT2D eigenvalue weighted by molar-refractivity contribution is -0.135. The summed E-state index contributed by atoms with van der Waals surface area (Å²) in [5.41, 5.74) is 12.0. The fourth-order valence-corrected chi connectivity index (χ4v) is 9.63. The fraction of sp³-hybridized carbons (Fsp3) is 0.491. The summed E-state index contributed by atoms with van der Waals surface area (Å²) in [6.07, 6.45) is 7.20. The Balaban J connectivity index is 0.000000252. The van der Waals surface area contributed by atoms with Gasteiger partial charge in [-0.2, -0.15) is 0 Å². The van der Waals surface area contributed by atoms with E-state index in [0.29, 0.717) is 92.3 Å². The van der Waals surface area contributed by atoms with Crippen molar-refractivity contribution < 1.29 is 33.4 Å². The lowest BCUT2D eigenvalue weighted by Crippen LogP contribution is -2.54. The summed E-state index contributed by atoms with van der Waals surface area (Å²) in [5, 5.41) is 20.8. The van der Waals surface area contributed by atoms with Gasteiger partial charge in [0.2, 0.25) is 17.7 Å². The maximum absolute atomic E-state index is 15.3. The third-order valence-electron chi connectivity index (χ3n) is 13.5. The largest absolute Gasteiger partial charge is 0.507 e. The first-order valence-electron chi connectivity index (χ1n) is 24.0. The topological polar surface area (TPSA) is 167 Å². The number of halogens is 1. The van der Waals surface area contributed by atoms with Crippen LogP contribution in [0.15, 0.2) is 78.4 Å². The Morgan fingerprint density at radius 2 is 1.75 bits per heavy atom. The number of phenols is 1. The van der Waals surface area contributed by atoms with Crippen LogP contribution in [-0.2, 0) is 14.4 Å². The number of anilines is 3. The molecule has 0 bridgehead atoms. The second-order valence-corrected chi connectivity index (χ2v) is 18.2. The van der Waals surface area contributed by atoms with Crippen molar-refractivity contribution in [1.82, 2.24) is 25.3 Å². The quantitative estimate of drug-likeness (QED) is 0.0869. The number of fused-ring (bicyclic) bond motifs is 1. The van der Waals surface area contributed by atoms with E-state index in [1.54, 1.807) is 18.2 Å². The lowest BCUT2D eigenvalue weighted by Gasteiger charge is -2.40. The summed E-state index contributed by atoms with van der Waals surface area (Å²) in [5.74, 6) is 1.62. The number of hydrogen-bond acceptors (Lipinski definition) is 12. The van der Waals surface area contributed by atoms with Gasteiger partial charge in [0.25, 0.3) is 0 Å². The van der Waals surface area contributed by atoms with Gasteiger partial charge in [-0.15, -0.1) is 10.2 Å². The number of aryl methyl sites for hydroxylation is 1. The number of benzene rings is 3. The minimum Gasteiger partial charge on any atom is -0.507 e. The van der Waals surface area contributed by atoms with Gasteiger partial charge < -0.3 is 35.0 Å². The van der Waals surface area contributed by atoms with Gasteiger partial charge in [-0.25, -0.2) is 4.39 Å². The Hall–Kier alpha value is -6.22. The van der Waals surface area contributed by atoms with Crippen molar-refractivity contribution in [3.05, 3.63) is 95.3 Å². The number of imide groups is 1. The van der Waals surface area contributed by atoms with Crippen molar-refractivity contribution in [3.63, 3.8) is 0 Å². The molecule has 4 aliphatic rings. The molecule has 4 aliphatic heterocycles. The molecule has 3 fully saturated rings. The second-order valence-electron chi connectivity index (χ2n) is 18.2. The maximum Gasteiger partial charge on any atom is 0.249 e. The molecule has 8 rings (SSSR count). The number of nitrogens with two attached hydrogens (primary N) is 1. The van der Waals surface area contributed by atoms with Crippen LogP contribution in [0.4, 0.5) is 21.6 Å². The number of carbonyl (C=O) groups excluding carboxylic acids is 3. The molecule has 366 valence electrons. The average Bonchev–Trinajstić information content (AvgIpc) is 3.32. The number of aromatic nitrogens is 2. The van der Waals surface area contributed by atoms with Crippen molar-refractivity contribution >= 4 is 34.9 Å². The first kappa shape index (κ1) is 51.2. The van der Waals surface area contributed by atoms with Gasteiger partial charge in [0, 0.05) is 56.6 Å². The number of nitrogens with zero attached hydrogens (tertiary/aromatic N) is 6. The van der Waals surface area contributed by atoms with Crippen LogP contribution in [0.2, 0.25) is 0 Å². The number of amides is 3. The Bertz CT molecular complexity index is 2400. The minimum absolute atomic E-state index is 0. The van der Waals surface area contributed by atoms with Crippen molar-refractivity contribution in [2.45, 2.75) is 105 Å². The molecule has 3 amide bonds. The van der Waals surface area contributed by atoms with Gasteiger partial charge in [-0.05, 0) is 119 Å². The van der Waals surface area contributed by atoms with E-state index in [2.05, 4.69) is 59.1 Å². The zero-order valence-electron chi connectivity index (χ0n) is 39.7. The van der Waals surface area contributed by atoms with E-state index < -0.39 is 6.04 Å². The zero-order chi connectivity index (χ0) is 47.6. The number of nitrogens with one attached hydrogen (secondary N) is 1. The molecule has 2 atom stereocenters. The Morgan fingerprint density at radius 3 is 2.44 bits per heavy atom. The predicted molar refractivity (Wildman–Crippen MR) is 267 cm³/mol. The number of carbonyl (C=O) groups is 3. The van der Waals surface area contributed by atoms with E-state index >= 15 is 4.39 Å². The highest BCUT2D eigenvalue weighted by Gasteiger charge is 2.38. The van der Waals surface area contributed by atoms with E-state index in [9.17, 15) is 19.5 Å². The Morgan fingerprint density at radius 1 is 1.00 bits per heavy atom. The number of nitrogen functional groups attached to an aromatic ring is 1. The fourth-order valence-electron chi connectivity index (χ4n) is 9.63. The normalized spacial score (nSPS) is 18.6. The van der Waals surface area contributed by atoms with Gasteiger partial charge in [0.1, 0.15) is 41.8 Å². The highest BCUT2D eigenvalue weighted by molar-refractivity contribution is 6.02. The number of ether oxygens (including phenoxy) is 2. The molecular formula is C53H71FN8O6. The molecule has 1 unspecified atom stereocenters. The number of aromatic hydroxyl groups is 1. The van der Waals surface area contributed by atoms with Gasteiger partial charge in [-0.1, -0.05) is 57.2 Å². The van der Waals surface area contributed by atoms with Crippen molar-refractivity contribution in [3.8, 4) is 28.5 Å². The van der Waals surface area contributed by atoms with Crippen molar-refractivity contribution in [1.29, 1.82) is 0 Å². The molecule has 4 aromatic rings. The third kappa shape index (κ3) is 12.5. The number of hydrogen-bond donors (Lipinski definition) is 3. The first-order valence-corrected chi connectivity index (χ1v) is 24.0. The van der Waals surface area contributed by atoms with E-state index in [1.165, 1.54) is 17.2 Å². The maximum atomic E-state index is 15.3. The van der Waals surface area contributed by atoms with Crippen molar-refractivity contribution in [2.24, 2.45) is 5.92 Å². The van der Waals surface area contributed by atoms with Crippen LogP contribution in [0.5, 0.6) is 17.2 Å². The molecule has 0 spiro atoms. The van der Waals surface area contributed by atoms with E-state index in [1.807, 2.05) is 59.2 Å². The SMILES string of the molecule is C.CC/C=C(/C)[C@H](C)CN(CC)c1cc(-c2ccccc2O)nnc1N.Cc1cccc(OC2CCN(C(=O)CN3CCC(c4c(F)ccc5c4OCCN5C4CCC(=O)NC4=O)CC3)CC2)c1. The number of rotatable bonds is 13. The van der Waals surface area contributed by atoms with Crippen LogP contribution in [0.25, 0.3) is 11.3 Å². The summed E-state index contributed by atoms with van der Waals surface area (Å²) >= 11 is 0. The summed E-state index contributed by atoms with van der Waals surface area (Å²) in [6.45, 7) is 16.4. The summed E-state index contributed by atoms with van der Waals surface area (Å²) in [7, 11) is 0. The van der Waals surface area contributed by atoms with E-state index in [-0.39, 0.29) is 55.2 Å². The standard InChI is InChI=1S/C32H39FN4O5.C20H28N4O.CH4/c1-21-3-2-4-24(19-21)42-23-11-15-36(16-12-23)29(39)20-35-13-9-22(10-14-35)30-25(33)5-6-26-31(30)41-18-17-37(26)27-7-8-28(38)34-32(27)40;1-5-9-14(3)15(4)13-24(6-2)18-12-17(22-23-20(18)21)16-10-7-8-11-19(16)25;/h2-6,19,22-23,27H,7-18,20H2,1H3,(H,34,38,40);7-12,15,25H,5-6,13H2,1-4H3,(H2,21,23);1H4/b;14-9-;/t;15-;/m.1./s1. The highest BCUT2D eigenvalue weighted by Crippen LogP contribution is 2.44. The van der Waals surface area contributed by atoms with Crippen LogP contribution in [0, 0.1) is 18.7 Å². The van der Waals surface area contributed by atoms with E-state index in [4.69, 9.17) is 15.2 Å². The third-order valence-corrected chi connectivity index (χ3v) is 13.5. The highest BCUT2D eigenvalue weighted by atomic mass is 19.1. The number of allylic oxidation sites excluding steroid dienone is 1. The Labute approximate surface area is 401 Å². The van der Waals surface area contributed by atoms with Crippen LogP contribution >= 0.6 is 0 Å². The van der Waals surface area contributed by atoms with Gasteiger partial charge in [0.05, 0.1) is 30.2 Å². The molecule has 14 nitrogen and oxygen atoms in total. The van der Waals surface area contributed by atoms with Crippen LogP contribution in [0.1, 0.15) is 97.1 Å². The molecule has 4 N–H and O–H groups in total. The smallest absolute Gasteiger partial charge is 0.249 e. The van der Waals surface area contributed by atoms with E-state index in [0.717, 1.165) is 56.6 Å². The summed E-state index contributed by atoms with van der Waals surface area (Å²) in [6, 6.07) is 19.8. The monoisotopic (exact) mass is 935 g/mol. The van der Waals surface area contributed by atoms with Gasteiger partial charge >= 0.3 is 0 Å². The second kappa shape index (κ2) is 23.7. The summed E-state index contributed by atoms with van der Waals surface area (Å²) < 4.78 is 27.5. The van der Waals surface area contributed by atoms with Gasteiger partial charge in [0.15, 0.2) is 5.82 Å². The molecule has 68 heavy (non-hydrogen) atoms.